The first kappa shape index (κ1) is 118. The maximum atomic E-state index is 13.2. The van der Waals surface area contributed by atoms with E-state index in [0.717, 1.165) is 78.6 Å². The number of carbonyl (C=O) groups excluding carboxylic acids is 10. The molecular formula is C101H137F9N4O27. The molecule has 3 aromatic rings. The van der Waals surface area contributed by atoms with Gasteiger partial charge in [-0.05, 0) is 180 Å². The fraction of sp³-hybridized carbons (Fsp3) is 0.634. The van der Waals surface area contributed by atoms with Gasteiger partial charge in [-0.3, -0.25) is 43.2 Å². The number of benzene rings is 3. The lowest BCUT2D eigenvalue weighted by molar-refractivity contribution is -0.177. The molecule has 0 saturated carbocycles. The van der Waals surface area contributed by atoms with Gasteiger partial charge in [0.25, 0.3) is 0 Å². The monoisotopic (exact) mass is 2010 g/mol. The van der Waals surface area contributed by atoms with Gasteiger partial charge in [-0.15, -0.1) is 0 Å². The first-order chi connectivity index (χ1) is 65.1. The number of amides is 1. The Hall–Kier alpha value is -10.0. The van der Waals surface area contributed by atoms with E-state index in [1.807, 2.05) is 57.5 Å². The molecule has 786 valence electrons. The van der Waals surface area contributed by atoms with Crippen LogP contribution >= 0.6 is 0 Å². The number of likely N-dealkylation sites (N-methyl/N-ethyl adjacent to an activating group) is 3. The lowest BCUT2D eigenvalue weighted by Crippen LogP contribution is -2.74. The van der Waals surface area contributed by atoms with Crippen molar-refractivity contribution in [3.63, 3.8) is 0 Å². The molecule has 6 bridgehead atoms. The highest BCUT2D eigenvalue weighted by atomic mass is 19.4. The van der Waals surface area contributed by atoms with Crippen molar-refractivity contribution in [3.05, 3.63) is 134 Å². The number of aliphatic hydroxyl groups excluding tert-OH is 4. The number of ketones is 1. The van der Waals surface area contributed by atoms with E-state index in [0.29, 0.717) is 103 Å². The average molecular weight is 2010 g/mol. The summed E-state index contributed by atoms with van der Waals surface area (Å²) < 4.78 is 141. The SMILES string of the molecule is C.C.C.CC(=O)[C@H](CCC(=O)OC1=CC[C@@]2(O)[C@H]3Cc4ccc(CO)c5c4[C@@]2(CCN3C)[C@H]1O5)NC(=O)[C@H](C)O.CCCC(=O)O[C@@H](CC(=O)O)C(=O)OC1=CC[C@@]2(O)[C@H]3Cc4ccc(CO)c5c4[C@@]2(CCN3C)[C@H]1O5.CCCCCCCC/C=C\CCCCCCCC(=O)O[C@@H](C)C(=O)OC1=CC[C@@]2(O)[C@H]3Cc4ccc(CO)c5c4[C@@]2(CCN3C)[C@H]1O5.O=CC(F)(F)F.O=CC(F)(F)F.O=CC(F)(F)F. The summed E-state index contributed by atoms with van der Waals surface area (Å²) in [6.07, 6.45) is 6.34. The van der Waals surface area contributed by atoms with Gasteiger partial charge in [-0.25, -0.2) is 9.59 Å². The molecule has 6 aliphatic carbocycles. The second kappa shape index (κ2) is 49.5. The Kier molecular flexibility index (Phi) is 41.4. The number of alkyl halides is 9. The number of esters is 5. The highest BCUT2D eigenvalue weighted by Crippen LogP contribution is 2.68. The number of rotatable bonds is 35. The first-order valence-electron chi connectivity index (χ1n) is 46.8. The van der Waals surface area contributed by atoms with E-state index in [1.54, 1.807) is 25.2 Å². The fourth-order valence-electron chi connectivity index (χ4n) is 21.8. The van der Waals surface area contributed by atoms with E-state index in [4.69, 9.17) is 52.3 Å². The van der Waals surface area contributed by atoms with Crippen molar-refractivity contribution in [2.45, 2.75) is 369 Å². The number of aliphatic hydroxyl groups is 7. The zero-order valence-corrected chi connectivity index (χ0v) is 78.5. The Balaban J connectivity index is 0.000000263. The van der Waals surface area contributed by atoms with Crippen molar-refractivity contribution < 1.29 is 171 Å². The Bertz CT molecular complexity index is 5020. The predicted octanol–water partition coefficient (Wildman–Crippen LogP) is 12.5. The van der Waals surface area contributed by atoms with E-state index >= 15 is 0 Å². The maximum absolute atomic E-state index is 13.2. The second-order valence-electron chi connectivity index (χ2n) is 37.2. The van der Waals surface area contributed by atoms with Gasteiger partial charge in [0.15, 0.2) is 30.2 Å². The molecule has 12 aliphatic rings. The molecule has 31 nitrogen and oxygen atoms in total. The molecule has 9 N–H and O–H groups in total. The summed E-state index contributed by atoms with van der Waals surface area (Å²) in [6, 6.07) is 10.2. The molecule has 3 aromatic carbocycles. The van der Waals surface area contributed by atoms with Gasteiger partial charge in [0.05, 0.1) is 65.3 Å². The Morgan fingerprint density at radius 2 is 0.837 bits per heavy atom. The summed E-state index contributed by atoms with van der Waals surface area (Å²) >= 11 is 0. The van der Waals surface area contributed by atoms with Crippen LogP contribution in [0.2, 0.25) is 0 Å². The van der Waals surface area contributed by atoms with Crippen LogP contribution in [0.5, 0.6) is 17.2 Å². The number of unbranched alkanes of at least 4 members (excludes halogenated alkanes) is 11. The number of likely N-dealkylation sites (tertiary alicyclic amines) is 3. The van der Waals surface area contributed by atoms with Crippen molar-refractivity contribution in [2.75, 3.05) is 40.8 Å². The minimum atomic E-state index is -4.64. The van der Waals surface area contributed by atoms with Gasteiger partial charge < -0.3 is 98.8 Å². The smallest absolute Gasteiger partial charge is 0.446 e. The normalized spacial score (nSPS) is 26.1. The van der Waals surface area contributed by atoms with E-state index < -0.39 is 161 Å². The topological polar surface area (TPSA) is 445 Å². The van der Waals surface area contributed by atoms with Gasteiger partial charge >= 0.3 is 54.3 Å². The van der Waals surface area contributed by atoms with Gasteiger partial charge in [0.2, 0.25) is 30.9 Å². The number of Topliss-reactive ketones (excluding diaryl/α,β-unsaturated/α-hetero) is 1. The average Bonchev–Trinajstić information content (AvgIpc) is 1.55. The van der Waals surface area contributed by atoms with Gasteiger partial charge in [-0.2, -0.15) is 39.5 Å². The molecule has 1 amide bonds. The fourth-order valence-corrected chi connectivity index (χ4v) is 21.8. The molecular weight excluding hydrogens is 1870 g/mol. The Morgan fingerprint density at radius 1 is 0.489 bits per heavy atom. The van der Waals surface area contributed by atoms with E-state index in [9.17, 15) is 119 Å². The van der Waals surface area contributed by atoms with Gasteiger partial charge in [-0.1, -0.05) is 136 Å². The summed E-state index contributed by atoms with van der Waals surface area (Å²) in [7, 11) is 6.03. The summed E-state index contributed by atoms with van der Waals surface area (Å²) in [4.78, 5) is 132. The second-order valence-corrected chi connectivity index (χ2v) is 37.2. The molecule has 141 heavy (non-hydrogen) atoms. The summed E-state index contributed by atoms with van der Waals surface area (Å²) in [5.74, 6) is -3.18. The third-order valence-electron chi connectivity index (χ3n) is 28.4. The molecule has 3 spiro atoms. The number of halogens is 9. The minimum Gasteiger partial charge on any atom is -0.481 e. The molecule has 6 heterocycles. The Labute approximate surface area is 814 Å². The molecule has 0 aromatic heterocycles. The molecule has 40 heteroatoms. The van der Waals surface area contributed by atoms with Crippen LogP contribution in [0.15, 0.2) is 84.1 Å². The highest BCUT2D eigenvalue weighted by Gasteiger charge is 2.75. The van der Waals surface area contributed by atoms with Crippen LogP contribution < -0.4 is 19.5 Å². The van der Waals surface area contributed by atoms with Crippen LogP contribution in [0.1, 0.15) is 267 Å². The molecule has 16 atom stereocenters. The van der Waals surface area contributed by atoms with Crippen molar-refractivity contribution in [3.8, 4) is 17.2 Å². The van der Waals surface area contributed by atoms with Crippen molar-refractivity contribution in [1.29, 1.82) is 0 Å². The first-order valence-corrected chi connectivity index (χ1v) is 46.8. The molecule has 0 unspecified atom stereocenters. The number of ether oxygens (including phenoxy) is 8. The van der Waals surface area contributed by atoms with Crippen molar-refractivity contribution in [1.82, 2.24) is 20.0 Å². The summed E-state index contributed by atoms with van der Waals surface area (Å²) in [5, 5.41) is 87.9. The largest absolute Gasteiger partial charge is 0.481 e. The number of piperidine rings is 3. The van der Waals surface area contributed by atoms with Crippen LogP contribution in [0.4, 0.5) is 39.5 Å². The van der Waals surface area contributed by atoms with Crippen LogP contribution in [0.25, 0.3) is 0 Å². The third-order valence-corrected chi connectivity index (χ3v) is 28.4. The third kappa shape index (κ3) is 25.3. The lowest BCUT2D eigenvalue weighted by Gasteiger charge is -2.61. The summed E-state index contributed by atoms with van der Waals surface area (Å²) in [6.45, 7) is 9.70. The standard InChI is InChI=1S/C39H57NO7.C27H34N2O8.C26H31NO9.3C2HF3O.3CH4/c1-4-5-6-7-8-9-10-11-12-13-14-15-16-17-18-19-33(42)45-28(2)37(43)46-31-22-23-39(44)32-26-29-20-21-30(27-41)35-34(29)38(39,36(31)47-35)24-25-40(32)3;1-14(31)18(28-25(34)15(2)32)6-7-21(33)36-19-8-9-27(35)20-12-16-4-5-17(13-30)23-22(16)26(27,24(19)37-23)10-11-29(20)3;1-3-4-20(31)34-17(12-19(29)30)24(32)35-16-7-8-26(33)18-11-14-5-6-15(13-28)22-21(14)25(26,23(16)36-22)9-10-27(18)2;3*3-2(4,5)1-6;;;/h11-12,20-22,28,32,36,41,44H,4-10,13-19,23-27H2,1-3H3;4-5,8,15,18,20,24,30,32,35H,6-7,9-13H2,1-3H3,(H,28,34);5-7,17-18,23,28,33H,3-4,8-13H2,1-2H3,(H,29,30);3*1H;3*1H4/b12-11-;;;;;;;;/t28-,32+,36-,38-,39+;15-,18-,20+,24-,26-,27+;17-,18+,23-,25-,26+;;;;;;/m000....../s1. The number of nitrogens with zero attached hydrogens (tertiary/aromatic N) is 3. The molecule has 3 saturated heterocycles. The zero-order valence-electron chi connectivity index (χ0n) is 78.5. The number of carboxylic acids is 1. The minimum absolute atomic E-state index is 0. The number of hydrogen-bond acceptors (Lipinski definition) is 29. The van der Waals surface area contributed by atoms with E-state index in [2.05, 4.69) is 39.1 Å². The van der Waals surface area contributed by atoms with E-state index in [1.165, 1.54) is 72.1 Å². The van der Waals surface area contributed by atoms with Crippen LogP contribution in [0.3, 0.4) is 0 Å². The maximum Gasteiger partial charge on any atom is 0.446 e. The number of nitrogens with one attached hydrogen (secondary N) is 1. The number of allylic oxidation sites excluding steroid dienone is 2. The number of hydrogen-bond donors (Lipinski definition) is 9. The van der Waals surface area contributed by atoms with E-state index in [-0.39, 0.29) is 110 Å². The number of carboxylic acid groups (broad SMARTS) is 1. The van der Waals surface area contributed by atoms with Crippen LogP contribution in [-0.4, -0.2) is 259 Å². The van der Waals surface area contributed by atoms with Crippen LogP contribution in [-0.2, 0) is 132 Å². The zero-order chi connectivity index (χ0) is 102. The van der Waals surface area contributed by atoms with Gasteiger partial charge in [0.1, 0.15) is 40.6 Å². The molecule has 15 rings (SSSR count). The quantitative estimate of drug-likeness (QED) is 0.00659. The van der Waals surface area contributed by atoms with Crippen molar-refractivity contribution in [2.24, 2.45) is 0 Å². The number of carbonyl (C=O) groups is 11. The van der Waals surface area contributed by atoms with Gasteiger partial charge in [0, 0.05) is 90.0 Å². The van der Waals surface area contributed by atoms with Crippen molar-refractivity contribution >= 4 is 66.4 Å². The molecule has 3 fully saturated rings. The molecule has 0 radical (unpaired) electrons. The van der Waals surface area contributed by atoms with Crippen LogP contribution in [0, 0.1) is 0 Å². The predicted molar refractivity (Wildman–Crippen MR) is 493 cm³/mol. The molecule has 6 aliphatic heterocycles. The number of aldehydes is 3. The summed E-state index contributed by atoms with van der Waals surface area (Å²) in [5.41, 5.74) is 1.87. The lowest BCUT2D eigenvalue weighted by atomic mass is 9.50. The number of aliphatic carboxylic acids is 1. The highest BCUT2D eigenvalue weighted by molar-refractivity contribution is 5.90. The Morgan fingerprint density at radius 3 is 1.18 bits per heavy atom.